The van der Waals surface area contributed by atoms with Gasteiger partial charge in [0.05, 0.1) is 22.2 Å². The predicted octanol–water partition coefficient (Wildman–Crippen LogP) is 2.98. The Hall–Kier alpha value is -1.14. The number of hydrogen-bond acceptors (Lipinski definition) is 4. The molecule has 3 rings (SSSR count). The van der Waals surface area contributed by atoms with Crippen LogP contribution in [0.3, 0.4) is 0 Å². The van der Waals surface area contributed by atoms with E-state index >= 15 is 0 Å². The number of nitrogens with one attached hydrogen (secondary N) is 1. The number of aryl methyl sites for hydroxylation is 1. The third-order valence-corrected chi connectivity index (χ3v) is 4.83. The zero-order valence-corrected chi connectivity index (χ0v) is 13.8. The van der Waals surface area contributed by atoms with Gasteiger partial charge in [-0.1, -0.05) is 42.3 Å². The Morgan fingerprint density at radius 1 is 1.41 bits per heavy atom. The maximum absolute atomic E-state index is 10.0. The molecule has 1 aromatic heterocycles. The van der Waals surface area contributed by atoms with E-state index < -0.39 is 0 Å². The SMILES string of the molecule is CCc1nc([C@@H]2C[C@@H](O)CN2Cc2cccc(Cl)c2Cl)n[nH]1. The van der Waals surface area contributed by atoms with Crippen LogP contribution in [0.4, 0.5) is 0 Å². The molecular formula is C15H18Cl2N4O. The average molecular weight is 341 g/mol. The first kappa shape index (κ1) is 15.7. The van der Waals surface area contributed by atoms with Crippen LogP contribution in [-0.2, 0) is 13.0 Å². The van der Waals surface area contributed by atoms with Gasteiger partial charge in [0.1, 0.15) is 5.82 Å². The van der Waals surface area contributed by atoms with Gasteiger partial charge >= 0.3 is 0 Å². The van der Waals surface area contributed by atoms with Crippen LogP contribution in [0.2, 0.25) is 10.0 Å². The fraction of sp³-hybridized carbons (Fsp3) is 0.467. The van der Waals surface area contributed by atoms with Gasteiger partial charge in [-0.05, 0) is 18.1 Å². The lowest BCUT2D eigenvalue weighted by Crippen LogP contribution is -2.25. The van der Waals surface area contributed by atoms with Crippen molar-refractivity contribution in [3.8, 4) is 0 Å². The van der Waals surface area contributed by atoms with Crippen LogP contribution >= 0.6 is 23.2 Å². The molecule has 2 aromatic rings. The Labute approximate surface area is 139 Å². The van der Waals surface area contributed by atoms with Crippen LogP contribution in [0.5, 0.6) is 0 Å². The molecule has 0 saturated carbocycles. The number of nitrogens with zero attached hydrogens (tertiary/aromatic N) is 3. The molecule has 0 spiro atoms. The van der Waals surface area contributed by atoms with Crippen LogP contribution in [0.15, 0.2) is 18.2 Å². The molecule has 7 heteroatoms. The van der Waals surface area contributed by atoms with Gasteiger partial charge in [-0.2, -0.15) is 5.10 Å². The van der Waals surface area contributed by atoms with Crippen molar-refractivity contribution in [2.45, 2.75) is 38.5 Å². The molecule has 1 aromatic carbocycles. The molecule has 0 unspecified atom stereocenters. The molecule has 2 atom stereocenters. The van der Waals surface area contributed by atoms with Crippen LogP contribution in [0.1, 0.15) is 36.6 Å². The van der Waals surface area contributed by atoms with E-state index in [2.05, 4.69) is 20.1 Å². The molecule has 2 N–H and O–H groups in total. The summed E-state index contributed by atoms with van der Waals surface area (Å²) in [5.41, 5.74) is 0.944. The van der Waals surface area contributed by atoms with Crippen molar-refractivity contribution in [3.05, 3.63) is 45.5 Å². The van der Waals surface area contributed by atoms with Crippen molar-refractivity contribution in [1.82, 2.24) is 20.1 Å². The van der Waals surface area contributed by atoms with Crippen LogP contribution in [-0.4, -0.2) is 37.8 Å². The monoisotopic (exact) mass is 340 g/mol. The highest BCUT2D eigenvalue weighted by Gasteiger charge is 2.34. The van der Waals surface area contributed by atoms with E-state index in [1.807, 2.05) is 19.1 Å². The Morgan fingerprint density at radius 3 is 2.95 bits per heavy atom. The number of aliphatic hydroxyl groups is 1. The number of aromatic amines is 1. The number of H-pyrrole nitrogens is 1. The Balaban J connectivity index is 1.83. The fourth-order valence-electron chi connectivity index (χ4n) is 2.83. The predicted molar refractivity (Wildman–Crippen MR) is 86.0 cm³/mol. The molecular weight excluding hydrogens is 323 g/mol. The number of likely N-dealkylation sites (tertiary alicyclic amines) is 1. The standard InChI is InChI=1S/C15H18Cl2N4O/c1-2-13-18-15(20-19-13)12-6-10(22)8-21(12)7-9-4-3-5-11(16)14(9)17/h3-5,10,12,22H,2,6-8H2,1H3,(H,18,19,20)/t10-,12+/m1/s1. The van der Waals surface area contributed by atoms with E-state index in [0.29, 0.717) is 29.6 Å². The highest BCUT2D eigenvalue weighted by molar-refractivity contribution is 6.42. The van der Waals surface area contributed by atoms with E-state index in [1.165, 1.54) is 0 Å². The molecule has 1 saturated heterocycles. The summed E-state index contributed by atoms with van der Waals surface area (Å²) in [6.45, 7) is 3.21. The maximum atomic E-state index is 10.0. The van der Waals surface area contributed by atoms with Crippen LogP contribution in [0, 0.1) is 0 Å². The van der Waals surface area contributed by atoms with Gasteiger partial charge in [-0.3, -0.25) is 10.00 Å². The molecule has 118 valence electrons. The molecule has 22 heavy (non-hydrogen) atoms. The van der Waals surface area contributed by atoms with Crippen molar-refractivity contribution in [2.75, 3.05) is 6.54 Å². The van der Waals surface area contributed by atoms with Crippen molar-refractivity contribution in [1.29, 1.82) is 0 Å². The number of aromatic nitrogens is 3. The second-order valence-electron chi connectivity index (χ2n) is 5.54. The van der Waals surface area contributed by atoms with E-state index in [4.69, 9.17) is 23.2 Å². The van der Waals surface area contributed by atoms with E-state index in [0.717, 1.165) is 23.6 Å². The van der Waals surface area contributed by atoms with Crippen molar-refractivity contribution in [2.24, 2.45) is 0 Å². The molecule has 0 amide bonds. The number of hydrogen-bond donors (Lipinski definition) is 2. The topological polar surface area (TPSA) is 65.0 Å². The third kappa shape index (κ3) is 3.13. The summed E-state index contributed by atoms with van der Waals surface area (Å²) in [6.07, 6.45) is 1.05. The summed E-state index contributed by atoms with van der Waals surface area (Å²) in [6, 6.07) is 5.59. The molecule has 1 aliphatic heterocycles. The van der Waals surface area contributed by atoms with Gasteiger partial charge in [-0.15, -0.1) is 0 Å². The van der Waals surface area contributed by atoms with Crippen molar-refractivity contribution >= 4 is 23.2 Å². The second-order valence-corrected chi connectivity index (χ2v) is 6.33. The van der Waals surface area contributed by atoms with E-state index in [1.54, 1.807) is 6.07 Å². The first-order valence-electron chi connectivity index (χ1n) is 7.34. The zero-order chi connectivity index (χ0) is 15.7. The van der Waals surface area contributed by atoms with Crippen molar-refractivity contribution < 1.29 is 5.11 Å². The summed E-state index contributed by atoms with van der Waals surface area (Å²) in [5, 5.41) is 18.4. The minimum absolute atomic E-state index is 0.0124. The van der Waals surface area contributed by atoms with Gasteiger partial charge in [0.15, 0.2) is 5.82 Å². The summed E-state index contributed by atoms with van der Waals surface area (Å²) in [4.78, 5) is 6.64. The van der Waals surface area contributed by atoms with E-state index in [-0.39, 0.29) is 12.1 Å². The first-order chi connectivity index (χ1) is 10.6. The number of halogens is 2. The number of aliphatic hydroxyl groups excluding tert-OH is 1. The summed E-state index contributed by atoms with van der Waals surface area (Å²) < 4.78 is 0. The van der Waals surface area contributed by atoms with Gasteiger partial charge in [0.2, 0.25) is 0 Å². The molecule has 0 radical (unpaired) electrons. The highest BCUT2D eigenvalue weighted by atomic mass is 35.5. The average Bonchev–Trinajstić information content (AvgIpc) is 3.10. The van der Waals surface area contributed by atoms with Crippen LogP contribution < -0.4 is 0 Å². The Bertz CT molecular complexity index is 661. The Morgan fingerprint density at radius 2 is 2.23 bits per heavy atom. The summed E-state index contributed by atoms with van der Waals surface area (Å²) >= 11 is 12.3. The lowest BCUT2D eigenvalue weighted by atomic mass is 10.1. The van der Waals surface area contributed by atoms with Gasteiger partial charge < -0.3 is 5.11 Å². The largest absolute Gasteiger partial charge is 0.392 e. The molecule has 1 fully saturated rings. The van der Waals surface area contributed by atoms with Crippen molar-refractivity contribution in [3.63, 3.8) is 0 Å². The van der Waals surface area contributed by atoms with Crippen LogP contribution in [0.25, 0.3) is 0 Å². The molecule has 5 nitrogen and oxygen atoms in total. The highest BCUT2D eigenvalue weighted by Crippen LogP contribution is 2.34. The van der Waals surface area contributed by atoms with Gasteiger partial charge in [0.25, 0.3) is 0 Å². The Kier molecular flexibility index (Phi) is 4.68. The van der Waals surface area contributed by atoms with E-state index in [9.17, 15) is 5.11 Å². The second kappa shape index (κ2) is 6.54. The lowest BCUT2D eigenvalue weighted by Gasteiger charge is -2.22. The zero-order valence-electron chi connectivity index (χ0n) is 12.3. The number of β-amino-alcohol motifs (C(OH)–C–C–N with tert-alkyl or cyclic N) is 1. The van der Waals surface area contributed by atoms with Gasteiger partial charge in [-0.25, -0.2) is 4.98 Å². The summed E-state index contributed by atoms with van der Waals surface area (Å²) in [5.74, 6) is 1.59. The summed E-state index contributed by atoms with van der Waals surface area (Å²) in [7, 11) is 0. The smallest absolute Gasteiger partial charge is 0.167 e. The molecule has 0 bridgehead atoms. The number of rotatable bonds is 4. The molecule has 2 heterocycles. The minimum atomic E-state index is -0.383. The minimum Gasteiger partial charge on any atom is -0.392 e. The molecule has 0 aliphatic carbocycles. The van der Waals surface area contributed by atoms with Gasteiger partial charge in [0, 0.05) is 19.5 Å². The fourth-order valence-corrected chi connectivity index (χ4v) is 3.21. The normalized spacial score (nSPS) is 22.4. The quantitative estimate of drug-likeness (QED) is 0.897. The third-order valence-electron chi connectivity index (χ3n) is 3.97. The first-order valence-corrected chi connectivity index (χ1v) is 8.10. The maximum Gasteiger partial charge on any atom is 0.167 e. The molecule has 1 aliphatic rings. The lowest BCUT2D eigenvalue weighted by molar-refractivity contribution is 0.172. The number of benzene rings is 1.